The van der Waals surface area contributed by atoms with Crippen molar-refractivity contribution in [1.82, 2.24) is 5.32 Å². The highest BCUT2D eigenvalue weighted by molar-refractivity contribution is 5.91. The lowest BCUT2D eigenvalue weighted by Gasteiger charge is -2.11. The molecule has 0 aromatic carbocycles. The third kappa shape index (κ3) is 2.53. The quantitative estimate of drug-likeness (QED) is 0.857. The molecule has 16 heavy (non-hydrogen) atoms. The molecule has 0 aliphatic heterocycles. The van der Waals surface area contributed by atoms with Gasteiger partial charge in [0.15, 0.2) is 5.76 Å². The SMILES string of the molecule is C[C@H](Cc1ccoc1)NC(=O)c1ccco1. The summed E-state index contributed by atoms with van der Waals surface area (Å²) in [4.78, 5) is 11.6. The number of nitrogens with one attached hydrogen (secondary N) is 1. The van der Waals surface area contributed by atoms with Crippen LogP contribution in [0.15, 0.2) is 45.8 Å². The summed E-state index contributed by atoms with van der Waals surface area (Å²) < 4.78 is 9.96. The molecule has 0 unspecified atom stereocenters. The van der Waals surface area contributed by atoms with Crippen LogP contribution in [0.4, 0.5) is 0 Å². The first-order valence-corrected chi connectivity index (χ1v) is 5.11. The van der Waals surface area contributed by atoms with Crippen molar-refractivity contribution < 1.29 is 13.6 Å². The molecule has 0 saturated heterocycles. The molecule has 2 aromatic rings. The van der Waals surface area contributed by atoms with Crippen LogP contribution in [0.25, 0.3) is 0 Å². The number of carbonyl (C=O) groups excluding carboxylic acids is 1. The van der Waals surface area contributed by atoms with Gasteiger partial charge in [-0.25, -0.2) is 0 Å². The van der Waals surface area contributed by atoms with Crippen LogP contribution in [0.3, 0.4) is 0 Å². The smallest absolute Gasteiger partial charge is 0.287 e. The van der Waals surface area contributed by atoms with Gasteiger partial charge in [-0.3, -0.25) is 4.79 Å². The summed E-state index contributed by atoms with van der Waals surface area (Å²) in [6, 6.07) is 5.25. The van der Waals surface area contributed by atoms with Gasteiger partial charge in [0.25, 0.3) is 5.91 Å². The van der Waals surface area contributed by atoms with E-state index in [0.717, 1.165) is 12.0 Å². The van der Waals surface area contributed by atoms with Gasteiger partial charge in [-0.15, -0.1) is 0 Å². The maximum atomic E-state index is 11.6. The maximum absolute atomic E-state index is 11.6. The Morgan fingerprint density at radius 1 is 1.44 bits per heavy atom. The van der Waals surface area contributed by atoms with Gasteiger partial charge >= 0.3 is 0 Å². The van der Waals surface area contributed by atoms with Crippen molar-refractivity contribution in [3.63, 3.8) is 0 Å². The molecule has 0 aliphatic carbocycles. The molecule has 2 heterocycles. The fourth-order valence-corrected chi connectivity index (χ4v) is 1.52. The molecular weight excluding hydrogens is 206 g/mol. The Labute approximate surface area is 93.2 Å². The van der Waals surface area contributed by atoms with E-state index < -0.39 is 0 Å². The highest BCUT2D eigenvalue weighted by Crippen LogP contribution is 2.05. The Kier molecular flexibility index (Phi) is 3.10. The van der Waals surface area contributed by atoms with E-state index in [1.54, 1.807) is 24.7 Å². The third-order valence-corrected chi connectivity index (χ3v) is 2.24. The van der Waals surface area contributed by atoms with Crippen molar-refractivity contribution in [3.8, 4) is 0 Å². The largest absolute Gasteiger partial charge is 0.472 e. The number of hydrogen-bond acceptors (Lipinski definition) is 3. The number of furan rings is 2. The standard InChI is InChI=1S/C12H13NO3/c1-9(7-10-4-6-15-8-10)13-12(14)11-3-2-5-16-11/h2-6,8-9H,7H2,1H3,(H,13,14)/t9-/m1/s1. The van der Waals surface area contributed by atoms with Gasteiger partial charge in [0, 0.05) is 6.04 Å². The normalized spacial score (nSPS) is 12.3. The minimum absolute atomic E-state index is 0.0372. The number of amides is 1. The van der Waals surface area contributed by atoms with E-state index in [-0.39, 0.29) is 11.9 Å². The van der Waals surface area contributed by atoms with Gasteiger partial charge in [0.1, 0.15) is 0 Å². The minimum Gasteiger partial charge on any atom is -0.472 e. The van der Waals surface area contributed by atoms with Crippen molar-refractivity contribution in [1.29, 1.82) is 0 Å². The molecule has 0 bridgehead atoms. The zero-order valence-corrected chi connectivity index (χ0v) is 8.97. The van der Waals surface area contributed by atoms with Crippen molar-refractivity contribution >= 4 is 5.91 Å². The zero-order chi connectivity index (χ0) is 11.4. The molecule has 1 N–H and O–H groups in total. The van der Waals surface area contributed by atoms with Crippen LogP contribution in [0.2, 0.25) is 0 Å². The number of carbonyl (C=O) groups is 1. The van der Waals surface area contributed by atoms with Crippen LogP contribution in [-0.2, 0) is 6.42 Å². The van der Waals surface area contributed by atoms with Crippen LogP contribution < -0.4 is 5.32 Å². The minimum atomic E-state index is -0.194. The van der Waals surface area contributed by atoms with Crippen molar-refractivity contribution in [2.24, 2.45) is 0 Å². The molecule has 0 radical (unpaired) electrons. The summed E-state index contributed by atoms with van der Waals surface area (Å²) in [5.41, 5.74) is 1.06. The van der Waals surface area contributed by atoms with Crippen molar-refractivity contribution in [3.05, 3.63) is 48.3 Å². The maximum Gasteiger partial charge on any atom is 0.287 e. The Balaban J connectivity index is 1.88. The average molecular weight is 219 g/mol. The fraction of sp³-hybridized carbons (Fsp3) is 0.250. The van der Waals surface area contributed by atoms with Gasteiger partial charge in [-0.1, -0.05) is 0 Å². The van der Waals surface area contributed by atoms with E-state index in [0.29, 0.717) is 5.76 Å². The second-order valence-corrected chi connectivity index (χ2v) is 3.69. The van der Waals surface area contributed by atoms with E-state index in [9.17, 15) is 4.79 Å². The lowest BCUT2D eigenvalue weighted by Crippen LogP contribution is -2.33. The van der Waals surface area contributed by atoms with Crippen LogP contribution in [0.5, 0.6) is 0 Å². The Morgan fingerprint density at radius 2 is 2.31 bits per heavy atom. The van der Waals surface area contributed by atoms with Crippen LogP contribution in [-0.4, -0.2) is 11.9 Å². The molecule has 84 valence electrons. The van der Waals surface area contributed by atoms with Gasteiger partial charge in [-0.05, 0) is 37.1 Å². The van der Waals surface area contributed by atoms with Gasteiger partial charge < -0.3 is 14.2 Å². The second kappa shape index (κ2) is 4.70. The van der Waals surface area contributed by atoms with Gasteiger partial charge in [0.05, 0.1) is 18.8 Å². The first kappa shape index (κ1) is 10.5. The molecular formula is C12H13NO3. The fourth-order valence-electron chi connectivity index (χ4n) is 1.52. The van der Waals surface area contributed by atoms with E-state index in [2.05, 4.69) is 5.32 Å². The summed E-state index contributed by atoms with van der Waals surface area (Å²) >= 11 is 0. The summed E-state index contributed by atoms with van der Waals surface area (Å²) in [5.74, 6) is 0.139. The Hall–Kier alpha value is -1.97. The second-order valence-electron chi connectivity index (χ2n) is 3.69. The molecule has 4 nitrogen and oxygen atoms in total. The van der Waals surface area contributed by atoms with E-state index in [1.165, 1.54) is 6.26 Å². The topological polar surface area (TPSA) is 55.4 Å². The van der Waals surface area contributed by atoms with Crippen molar-refractivity contribution in [2.75, 3.05) is 0 Å². The summed E-state index contributed by atoms with van der Waals surface area (Å²) in [5, 5.41) is 2.85. The highest BCUT2D eigenvalue weighted by Gasteiger charge is 2.12. The van der Waals surface area contributed by atoms with Crippen LogP contribution >= 0.6 is 0 Å². The first-order chi connectivity index (χ1) is 7.75. The van der Waals surface area contributed by atoms with Crippen LogP contribution in [0.1, 0.15) is 23.0 Å². The molecule has 0 aliphatic rings. The highest BCUT2D eigenvalue weighted by atomic mass is 16.3. The lowest BCUT2D eigenvalue weighted by molar-refractivity contribution is 0.0912. The molecule has 4 heteroatoms. The van der Waals surface area contributed by atoms with E-state index in [4.69, 9.17) is 8.83 Å². The molecule has 0 spiro atoms. The molecule has 0 fully saturated rings. The van der Waals surface area contributed by atoms with Gasteiger partial charge in [0.2, 0.25) is 0 Å². The predicted molar refractivity (Wildman–Crippen MR) is 58.0 cm³/mol. The Bertz CT molecular complexity index is 431. The van der Waals surface area contributed by atoms with E-state index in [1.807, 2.05) is 13.0 Å². The molecule has 1 amide bonds. The monoisotopic (exact) mass is 219 g/mol. The zero-order valence-electron chi connectivity index (χ0n) is 8.97. The Morgan fingerprint density at radius 3 is 2.94 bits per heavy atom. The average Bonchev–Trinajstić information content (AvgIpc) is 2.88. The summed E-state index contributed by atoms with van der Waals surface area (Å²) in [6.45, 7) is 1.94. The molecule has 2 aromatic heterocycles. The summed E-state index contributed by atoms with van der Waals surface area (Å²) in [7, 11) is 0. The van der Waals surface area contributed by atoms with Gasteiger partial charge in [-0.2, -0.15) is 0 Å². The summed E-state index contributed by atoms with van der Waals surface area (Å²) in [6.07, 6.45) is 5.52. The first-order valence-electron chi connectivity index (χ1n) is 5.11. The molecule has 0 saturated carbocycles. The van der Waals surface area contributed by atoms with E-state index >= 15 is 0 Å². The van der Waals surface area contributed by atoms with Crippen molar-refractivity contribution in [2.45, 2.75) is 19.4 Å². The van der Waals surface area contributed by atoms with Crippen LogP contribution in [0, 0.1) is 0 Å². The lowest BCUT2D eigenvalue weighted by atomic mass is 10.1. The molecule has 2 rings (SSSR count). The third-order valence-electron chi connectivity index (χ3n) is 2.24. The number of rotatable bonds is 4. The number of hydrogen-bond donors (Lipinski definition) is 1. The molecule has 1 atom stereocenters. The predicted octanol–water partition coefficient (Wildman–Crippen LogP) is 2.23.